The van der Waals surface area contributed by atoms with Crippen LogP contribution in [0.4, 0.5) is 0 Å². The third-order valence-corrected chi connectivity index (χ3v) is 2.36. The Labute approximate surface area is 116 Å². The minimum Gasteiger partial charge on any atom is -0.550 e. The van der Waals surface area contributed by atoms with Gasteiger partial charge in [-0.1, -0.05) is 6.07 Å². The number of benzene rings is 1. The van der Waals surface area contributed by atoms with Gasteiger partial charge in [0.1, 0.15) is 5.58 Å². The zero-order chi connectivity index (χ0) is 10.7. The maximum atomic E-state index is 10.2. The van der Waals surface area contributed by atoms with Crippen LogP contribution in [0.2, 0.25) is 0 Å². The van der Waals surface area contributed by atoms with Crippen molar-refractivity contribution in [1.82, 2.24) is 0 Å². The van der Waals surface area contributed by atoms with Gasteiger partial charge in [-0.25, -0.2) is 0 Å². The number of carbonyl (C=O) groups excluding carboxylic acids is 1. The summed E-state index contributed by atoms with van der Waals surface area (Å²) in [6.07, 6.45) is 3.14. The van der Waals surface area contributed by atoms with Crippen LogP contribution in [-0.2, 0) is 11.2 Å². The molecule has 0 bridgehead atoms. The summed E-state index contributed by atoms with van der Waals surface area (Å²) < 4.78 is 5.21. The van der Waals surface area contributed by atoms with E-state index in [9.17, 15) is 9.90 Å². The Morgan fingerprint density at radius 1 is 1.31 bits per heavy atom. The van der Waals surface area contributed by atoms with E-state index in [1.54, 1.807) is 6.26 Å². The molecule has 1 aromatic heterocycles. The second-order valence-electron chi connectivity index (χ2n) is 3.52. The van der Waals surface area contributed by atoms with Crippen molar-refractivity contribution >= 4 is 16.9 Å². The summed E-state index contributed by atoms with van der Waals surface area (Å²) in [6, 6.07) is 7.79. The van der Waals surface area contributed by atoms with Crippen LogP contribution in [0.3, 0.4) is 0 Å². The van der Waals surface area contributed by atoms with E-state index in [0.29, 0.717) is 6.42 Å². The van der Waals surface area contributed by atoms with Crippen molar-refractivity contribution in [3.05, 3.63) is 36.1 Å². The first kappa shape index (κ1) is 13.3. The van der Waals surface area contributed by atoms with Crippen LogP contribution < -0.4 is 34.7 Å². The fourth-order valence-electron chi connectivity index (χ4n) is 1.61. The van der Waals surface area contributed by atoms with Crippen molar-refractivity contribution in [3.63, 3.8) is 0 Å². The molecule has 0 N–H and O–H groups in total. The van der Waals surface area contributed by atoms with Crippen molar-refractivity contribution in [1.29, 1.82) is 0 Å². The molecule has 78 valence electrons. The number of carboxylic acid groups (broad SMARTS) is 1. The molecule has 0 amide bonds. The van der Waals surface area contributed by atoms with E-state index in [4.69, 9.17) is 4.42 Å². The molecule has 0 saturated heterocycles. The van der Waals surface area contributed by atoms with Crippen LogP contribution in [0.15, 0.2) is 34.9 Å². The van der Waals surface area contributed by atoms with Crippen LogP contribution in [-0.4, -0.2) is 5.97 Å². The van der Waals surface area contributed by atoms with E-state index >= 15 is 0 Å². The fourth-order valence-corrected chi connectivity index (χ4v) is 1.61. The first-order chi connectivity index (χ1) is 7.25. The molecule has 0 unspecified atom stereocenters. The van der Waals surface area contributed by atoms with Crippen molar-refractivity contribution in [3.8, 4) is 0 Å². The zero-order valence-corrected chi connectivity index (χ0v) is 11.2. The van der Waals surface area contributed by atoms with Crippen LogP contribution in [0.25, 0.3) is 11.0 Å². The van der Waals surface area contributed by atoms with Gasteiger partial charge < -0.3 is 14.3 Å². The Hall–Kier alpha value is -0.770. The van der Waals surface area contributed by atoms with Gasteiger partial charge in [0.15, 0.2) is 0 Å². The number of hydrogen-bond donors (Lipinski definition) is 0. The van der Waals surface area contributed by atoms with Crippen molar-refractivity contribution in [2.75, 3.05) is 0 Å². The molecule has 0 fully saturated rings. The molecule has 3 nitrogen and oxygen atoms in total. The molecule has 16 heavy (non-hydrogen) atoms. The van der Waals surface area contributed by atoms with Gasteiger partial charge >= 0.3 is 29.6 Å². The average molecular weight is 226 g/mol. The van der Waals surface area contributed by atoms with Gasteiger partial charge in [0.2, 0.25) is 0 Å². The van der Waals surface area contributed by atoms with E-state index in [1.807, 2.05) is 24.3 Å². The molecule has 0 aliphatic rings. The third kappa shape index (κ3) is 3.37. The Bertz CT molecular complexity index is 476. The molecule has 0 aliphatic heterocycles. The normalized spacial score (nSPS) is 10.0. The molecular formula is C12H11NaO3. The first-order valence-electron chi connectivity index (χ1n) is 4.92. The van der Waals surface area contributed by atoms with Crippen LogP contribution in [0, 0.1) is 0 Å². The fraction of sp³-hybridized carbons (Fsp3) is 0.250. The van der Waals surface area contributed by atoms with Crippen molar-refractivity contribution < 1.29 is 43.9 Å². The first-order valence-corrected chi connectivity index (χ1v) is 4.92. The van der Waals surface area contributed by atoms with Gasteiger partial charge in [-0.15, -0.1) is 0 Å². The number of aliphatic carboxylic acids is 1. The third-order valence-electron chi connectivity index (χ3n) is 2.36. The number of carboxylic acids is 1. The summed E-state index contributed by atoms with van der Waals surface area (Å²) in [6.45, 7) is 0. The van der Waals surface area contributed by atoms with Gasteiger partial charge in [-0.3, -0.25) is 0 Å². The summed E-state index contributed by atoms with van der Waals surface area (Å²) in [5, 5.41) is 11.3. The van der Waals surface area contributed by atoms with E-state index in [0.717, 1.165) is 23.0 Å². The van der Waals surface area contributed by atoms with E-state index in [-0.39, 0.29) is 36.0 Å². The van der Waals surface area contributed by atoms with E-state index < -0.39 is 5.97 Å². The Kier molecular flexibility index (Phi) is 5.06. The van der Waals surface area contributed by atoms with E-state index in [1.165, 1.54) is 0 Å². The summed E-state index contributed by atoms with van der Waals surface area (Å²) in [5.74, 6) is -0.987. The summed E-state index contributed by atoms with van der Waals surface area (Å²) in [4.78, 5) is 10.2. The second kappa shape index (κ2) is 6.09. The summed E-state index contributed by atoms with van der Waals surface area (Å²) >= 11 is 0. The minimum absolute atomic E-state index is 0. The molecule has 1 heterocycles. The standard InChI is InChI=1S/C12H12O3.Na/c13-12(14)3-1-2-9-4-5-11-10(8-9)6-7-15-11;/h4-8H,1-3H2,(H,13,14);/q;+1/p-1. The zero-order valence-electron chi connectivity index (χ0n) is 9.23. The van der Waals surface area contributed by atoms with Gasteiger partial charge in [0.25, 0.3) is 0 Å². The molecule has 0 aliphatic carbocycles. The number of hydrogen-bond acceptors (Lipinski definition) is 3. The number of carbonyl (C=O) groups is 1. The molecule has 0 atom stereocenters. The topological polar surface area (TPSA) is 53.3 Å². The number of fused-ring (bicyclic) bond motifs is 1. The maximum absolute atomic E-state index is 10.2. The molecule has 2 aromatic rings. The quantitative estimate of drug-likeness (QED) is 0.597. The van der Waals surface area contributed by atoms with Crippen molar-refractivity contribution in [2.24, 2.45) is 0 Å². The number of rotatable bonds is 4. The molecule has 1 aromatic carbocycles. The molecule has 0 saturated carbocycles. The van der Waals surface area contributed by atoms with Crippen molar-refractivity contribution in [2.45, 2.75) is 19.3 Å². The predicted molar refractivity (Wildman–Crippen MR) is 54.2 cm³/mol. The number of furan rings is 1. The summed E-state index contributed by atoms with van der Waals surface area (Å²) in [5.41, 5.74) is 1.99. The molecule has 4 heteroatoms. The van der Waals surface area contributed by atoms with Crippen LogP contribution >= 0.6 is 0 Å². The number of aryl methyl sites for hydroxylation is 1. The summed E-state index contributed by atoms with van der Waals surface area (Å²) in [7, 11) is 0. The minimum atomic E-state index is -0.987. The Balaban J connectivity index is 0.00000128. The van der Waals surface area contributed by atoms with Gasteiger partial charge in [-0.05, 0) is 43.0 Å². The van der Waals surface area contributed by atoms with Gasteiger partial charge in [0.05, 0.1) is 6.26 Å². The molecule has 0 spiro atoms. The van der Waals surface area contributed by atoms with Gasteiger partial charge in [-0.2, -0.15) is 0 Å². The predicted octanol–water partition coefficient (Wildman–Crippen LogP) is -1.49. The molecular weight excluding hydrogens is 215 g/mol. The Morgan fingerprint density at radius 3 is 2.88 bits per heavy atom. The average Bonchev–Trinajstić information content (AvgIpc) is 2.64. The Morgan fingerprint density at radius 2 is 2.12 bits per heavy atom. The maximum Gasteiger partial charge on any atom is 1.00 e. The van der Waals surface area contributed by atoms with Crippen LogP contribution in [0.1, 0.15) is 18.4 Å². The van der Waals surface area contributed by atoms with Crippen LogP contribution in [0.5, 0.6) is 0 Å². The molecule has 0 radical (unpaired) electrons. The molecule has 2 rings (SSSR count). The van der Waals surface area contributed by atoms with E-state index in [2.05, 4.69) is 0 Å². The van der Waals surface area contributed by atoms with Gasteiger partial charge in [0, 0.05) is 11.4 Å². The largest absolute Gasteiger partial charge is 1.00 e. The SMILES string of the molecule is O=C([O-])CCCc1ccc2occc2c1.[Na+]. The smallest absolute Gasteiger partial charge is 0.550 e. The second-order valence-corrected chi connectivity index (χ2v) is 3.52. The monoisotopic (exact) mass is 226 g/mol.